The van der Waals surface area contributed by atoms with Crippen molar-refractivity contribution in [1.29, 1.82) is 0 Å². The van der Waals surface area contributed by atoms with E-state index in [1.54, 1.807) is 0 Å². The molecule has 0 spiro atoms. The van der Waals surface area contributed by atoms with Gasteiger partial charge in [0.1, 0.15) is 0 Å². The van der Waals surface area contributed by atoms with Gasteiger partial charge >= 0.3 is 0 Å². The monoisotopic (exact) mass is 459 g/mol. The molecule has 0 amide bonds. The molecule has 180 valence electrons. The van der Waals surface area contributed by atoms with Gasteiger partial charge in [-0.05, 0) is 18.2 Å². The second-order valence-corrected chi connectivity index (χ2v) is 10.2. The molecule has 1 aromatic carbocycles. The van der Waals surface area contributed by atoms with Gasteiger partial charge in [0, 0.05) is 56.3 Å². The minimum Gasteiger partial charge on any atom is -0.371 e. The van der Waals surface area contributed by atoms with E-state index in [4.69, 9.17) is 28.4 Å². The van der Waals surface area contributed by atoms with Crippen molar-refractivity contribution in [2.75, 3.05) is 93.6 Å². The summed E-state index contributed by atoms with van der Waals surface area (Å²) in [6.07, 6.45) is 1.93. The molecule has 6 aliphatic rings. The minimum atomic E-state index is 0.322. The number of epoxide rings is 6. The molecule has 6 heterocycles. The third-order valence-corrected chi connectivity index (χ3v) is 6.94. The molecule has 33 heavy (non-hydrogen) atoms. The van der Waals surface area contributed by atoms with Gasteiger partial charge in [0.15, 0.2) is 0 Å². The topological polar surface area (TPSA) is 84.9 Å². The molecule has 1 aromatic rings. The summed E-state index contributed by atoms with van der Waals surface area (Å²) in [5.74, 6) is 0. The second-order valence-electron chi connectivity index (χ2n) is 10.2. The number of hydrogen-bond donors (Lipinski definition) is 0. The Labute approximate surface area is 194 Å². The van der Waals surface area contributed by atoms with Gasteiger partial charge in [-0.25, -0.2) is 0 Å². The lowest BCUT2D eigenvalue weighted by atomic mass is 10.1. The fraction of sp³-hybridized carbons (Fsp3) is 0.750. The first-order chi connectivity index (χ1) is 16.2. The van der Waals surface area contributed by atoms with Gasteiger partial charge in [-0.1, -0.05) is 0 Å². The van der Waals surface area contributed by atoms with E-state index in [1.165, 1.54) is 17.1 Å². The van der Waals surface area contributed by atoms with Crippen molar-refractivity contribution in [3.8, 4) is 0 Å². The molecule has 9 nitrogen and oxygen atoms in total. The molecule has 7 rings (SSSR count). The number of anilines is 3. The van der Waals surface area contributed by atoms with E-state index in [-0.39, 0.29) is 0 Å². The van der Waals surface area contributed by atoms with Gasteiger partial charge < -0.3 is 43.1 Å². The highest BCUT2D eigenvalue weighted by molar-refractivity contribution is 5.70. The van der Waals surface area contributed by atoms with Crippen molar-refractivity contribution in [1.82, 2.24) is 0 Å². The Balaban J connectivity index is 1.22. The van der Waals surface area contributed by atoms with Crippen LogP contribution in [0, 0.1) is 0 Å². The summed E-state index contributed by atoms with van der Waals surface area (Å²) in [6.45, 7) is 10.5. The largest absolute Gasteiger partial charge is 0.371 e. The SMILES string of the molecule is c1c(N(CC2CO2)CC2CO2)cc(N(CC2CO2)CC2CO2)cc1N(CC1CO1)CC1CO1. The van der Waals surface area contributed by atoms with E-state index in [9.17, 15) is 0 Å². The molecule has 6 aliphatic heterocycles. The van der Waals surface area contributed by atoms with Crippen LogP contribution in [0.1, 0.15) is 0 Å². The van der Waals surface area contributed by atoms with Crippen molar-refractivity contribution in [3.05, 3.63) is 18.2 Å². The highest BCUT2D eigenvalue weighted by Gasteiger charge is 2.35. The van der Waals surface area contributed by atoms with Crippen LogP contribution < -0.4 is 14.7 Å². The third kappa shape index (κ3) is 5.90. The predicted molar refractivity (Wildman–Crippen MR) is 122 cm³/mol. The van der Waals surface area contributed by atoms with E-state index < -0.39 is 0 Å². The molecule has 6 unspecified atom stereocenters. The molecule has 0 N–H and O–H groups in total. The zero-order chi connectivity index (χ0) is 21.8. The summed E-state index contributed by atoms with van der Waals surface area (Å²) in [7, 11) is 0. The van der Waals surface area contributed by atoms with Gasteiger partial charge in [-0.3, -0.25) is 0 Å². The van der Waals surface area contributed by atoms with Crippen LogP contribution in [0.4, 0.5) is 17.1 Å². The normalized spacial score (nSPS) is 34.5. The first kappa shape index (κ1) is 20.7. The third-order valence-electron chi connectivity index (χ3n) is 6.94. The first-order valence-corrected chi connectivity index (χ1v) is 12.3. The standard InChI is InChI=1S/C24H33N3O6/c1-16(25(4-19-10-28-19)5-20-11-29-20)2-18(27(8-23-14-32-23)9-24-15-33-24)3-17(1)26(6-21-12-30-21)7-22-13-31-22/h1-3,19-24H,4-15H2. The molecule has 6 fully saturated rings. The zero-order valence-corrected chi connectivity index (χ0v) is 19.0. The lowest BCUT2D eigenvalue weighted by Gasteiger charge is -2.31. The van der Waals surface area contributed by atoms with Gasteiger partial charge in [0.25, 0.3) is 0 Å². The van der Waals surface area contributed by atoms with Crippen molar-refractivity contribution in [3.63, 3.8) is 0 Å². The molecule has 0 bridgehead atoms. The van der Waals surface area contributed by atoms with E-state index in [2.05, 4.69) is 32.9 Å². The average Bonchev–Trinajstić information content (AvgIpc) is 3.62. The van der Waals surface area contributed by atoms with E-state index >= 15 is 0 Å². The number of benzene rings is 1. The Hall–Kier alpha value is -1.62. The molecule has 0 radical (unpaired) electrons. The summed E-state index contributed by atoms with van der Waals surface area (Å²) < 4.78 is 33.6. The Morgan fingerprint density at radius 3 is 0.758 bits per heavy atom. The Morgan fingerprint density at radius 2 is 0.606 bits per heavy atom. The molecule has 0 aliphatic carbocycles. The van der Waals surface area contributed by atoms with Gasteiger partial charge in [-0.15, -0.1) is 0 Å². The van der Waals surface area contributed by atoms with Crippen LogP contribution in [0.15, 0.2) is 18.2 Å². The van der Waals surface area contributed by atoms with Crippen LogP contribution in [0.5, 0.6) is 0 Å². The Kier molecular flexibility index (Phi) is 5.37. The fourth-order valence-electron chi connectivity index (χ4n) is 4.50. The smallest absolute Gasteiger partial charge is 0.0984 e. The van der Waals surface area contributed by atoms with Crippen molar-refractivity contribution in [2.45, 2.75) is 36.6 Å². The van der Waals surface area contributed by atoms with Gasteiger partial charge in [-0.2, -0.15) is 0 Å². The van der Waals surface area contributed by atoms with Crippen LogP contribution in [-0.2, 0) is 28.4 Å². The lowest BCUT2D eigenvalue weighted by molar-refractivity contribution is 0.388. The summed E-state index contributed by atoms with van der Waals surface area (Å²) in [5.41, 5.74) is 3.68. The van der Waals surface area contributed by atoms with Crippen LogP contribution in [0.3, 0.4) is 0 Å². The first-order valence-electron chi connectivity index (χ1n) is 12.3. The maximum Gasteiger partial charge on any atom is 0.0984 e. The lowest BCUT2D eigenvalue weighted by Crippen LogP contribution is -2.35. The van der Waals surface area contributed by atoms with Crippen molar-refractivity contribution >= 4 is 17.1 Å². The van der Waals surface area contributed by atoms with Gasteiger partial charge in [0.2, 0.25) is 0 Å². The van der Waals surface area contributed by atoms with Crippen LogP contribution >= 0.6 is 0 Å². The van der Waals surface area contributed by atoms with E-state index in [0.717, 1.165) is 78.9 Å². The summed E-state index contributed by atoms with van der Waals surface area (Å²) in [4.78, 5) is 7.34. The number of nitrogens with zero attached hydrogens (tertiary/aromatic N) is 3. The summed E-state index contributed by atoms with van der Waals surface area (Å²) >= 11 is 0. The average molecular weight is 460 g/mol. The number of rotatable bonds is 15. The fourth-order valence-corrected chi connectivity index (χ4v) is 4.50. The highest BCUT2D eigenvalue weighted by atomic mass is 16.6. The molecule has 9 heteroatoms. The molecule has 6 atom stereocenters. The van der Waals surface area contributed by atoms with Crippen LogP contribution in [-0.4, -0.2) is 116 Å². The maximum absolute atomic E-state index is 5.59. The molecular weight excluding hydrogens is 426 g/mol. The number of hydrogen-bond acceptors (Lipinski definition) is 9. The van der Waals surface area contributed by atoms with Crippen molar-refractivity contribution < 1.29 is 28.4 Å². The van der Waals surface area contributed by atoms with Gasteiger partial charge in [0.05, 0.1) is 76.3 Å². The predicted octanol–water partition coefficient (Wildman–Crippen LogP) is 0.499. The Bertz CT molecular complexity index is 685. The Morgan fingerprint density at radius 1 is 0.424 bits per heavy atom. The quantitative estimate of drug-likeness (QED) is 0.348. The molecular formula is C24H33N3O6. The van der Waals surface area contributed by atoms with Crippen LogP contribution in [0.25, 0.3) is 0 Å². The summed E-state index contributed by atoms with van der Waals surface area (Å²) in [5, 5.41) is 0. The highest BCUT2D eigenvalue weighted by Crippen LogP contribution is 2.35. The second kappa shape index (κ2) is 8.55. The number of ether oxygens (including phenoxy) is 6. The zero-order valence-electron chi connectivity index (χ0n) is 19.0. The van der Waals surface area contributed by atoms with Crippen molar-refractivity contribution in [2.24, 2.45) is 0 Å². The van der Waals surface area contributed by atoms with E-state index in [0.29, 0.717) is 36.6 Å². The molecule has 0 aromatic heterocycles. The minimum absolute atomic E-state index is 0.322. The van der Waals surface area contributed by atoms with E-state index in [1.807, 2.05) is 0 Å². The molecule has 0 saturated carbocycles. The maximum atomic E-state index is 5.59. The van der Waals surface area contributed by atoms with Crippen LogP contribution in [0.2, 0.25) is 0 Å². The summed E-state index contributed by atoms with van der Waals surface area (Å²) in [6, 6.07) is 7.00. The molecule has 6 saturated heterocycles.